The van der Waals surface area contributed by atoms with E-state index in [0.717, 1.165) is 42.7 Å². The molecule has 7 nitrogen and oxygen atoms in total. The molecule has 1 aliphatic heterocycles. The predicted octanol–water partition coefficient (Wildman–Crippen LogP) is 6.10. The Hall–Kier alpha value is -3.77. The number of hydrogen-bond donors (Lipinski definition) is 2. The molecule has 0 aromatic heterocycles. The van der Waals surface area contributed by atoms with Gasteiger partial charge in [0.05, 0.1) is 17.0 Å². The fourth-order valence-corrected chi connectivity index (χ4v) is 9.67. The van der Waals surface area contributed by atoms with Crippen LogP contribution >= 0.6 is 0 Å². The van der Waals surface area contributed by atoms with Gasteiger partial charge in [-0.2, -0.15) is 17.5 Å². The Morgan fingerprint density at radius 2 is 1.62 bits per heavy atom. The minimum Gasteiger partial charge on any atom is -0.358 e. The summed E-state index contributed by atoms with van der Waals surface area (Å²) in [4.78, 5) is 18.6. The first kappa shape index (κ1) is 32.8. The Labute approximate surface area is 277 Å². The van der Waals surface area contributed by atoms with Crippen LogP contribution in [0.1, 0.15) is 55.2 Å². The number of carbonyl (C=O) groups excluding carboxylic acids is 1. The molecule has 2 N–H and O–H groups in total. The SMILES string of the molecule is O=C(NCC1CCC1)C1(Cc2ccccc2)CN=C(C2CC3(N(Cc4ccc(C(F)(F)F)cc4)S(=O)(=O)c4ccc(F)cc4)CC2C3)N1. The van der Waals surface area contributed by atoms with Gasteiger partial charge in [0.25, 0.3) is 0 Å². The number of halogens is 4. The maximum atomic E-state index is 14.2. The van der Waals surface area contributed by atoms with Crippen molar-refractivity contribution in [3.05, 3.63) is 101 Å². The molecule has 4 aliphatic carbocycles. The molecule has 2 unspecified atom stereocenters. The number of aliphatic imine (C=N–C) groups is 1. The lowest BCUT2D eigenvalue weighted by atomic mass is 9.76. The molecule has 5 aliphatic rings. The highest BCUT2D eigenvalue weighted by molar-refractivity contribution is 7.89. The van der Waals surface area contributed by atoms with E-state index >= 15 is 0 Å². The number of amidine groups is 1. The van der Waals surface area contributed by atoms with Crippen LogP contribution in [0.2, 0.25) is 0 Å². The maximum absolute atomic E-state index is 14.2. The summed E-state index contributed by atoms with van der Waals surface area (Å²) >= 11 is 0. The third kappa shape index (κ3) is 6.13. The number of sulfonamides is 1. The molecule has 0 saturated heterocycles. The van der Waals surface area contributed by atoms with Gasteiger partial charge in [0.15, 0.2) is 0 Å². The van der Waals surface area contributed by atoms with E-state index in [1.165, 1.54) is 35.0 Å². The van der Waals surface area contributed by atoms with Gasteiger partial charge in [-0.15, -0.1) is 0 Å². The average molecular weight is 683 g/mol. The molecule has 4 saturated carbocycles. The number of alkyl halides is 3. The zero-order valence-corrected chi connectivity index (χ0v) is 27.2. The van der Waals surface area contributed by atoms with Crippen LogP contribution in [-0.2, 0) is 34.0 Å². The summed E-state index contributed by atoms with van der Waals surface area (Å²) in [5.74, 6) is 0.501. The molecule has 254 valence electrons. The van der Waals surface area contributed by atoms with Crippen LogP contribution in [0.15, 0.2) is 88.8 Å². The molecule has 1 amide bonds. The molecule has 3 aromatic rings. The van der Waals surface area contributed by atoms with Crippen LogP contribution in [-0.4, -0.2) is 48.6 Å². The molecule has 2 bridgehead atoms. The van der Waals surface area contributed by atoms with Crippen molar-refractivity contribution in [2.45, 2.75) is 73.6 Å². The highest BCUT2D eigenvalue weighted by atomic mass is 32.2. The fourth-order valence-electron chi connectivity index (χ4n) is 7.89. The van der Waals surface area contributed by atoms with E-state index in [1.807, 2.05) is 30.3 Å². The second kappa shape index (κ2) is 12.3. The Bertz CT molecular complexity index is 1790. The van der Waals surface area contributed by atoms with E-state index in [9.17, 15) is 30.8 Å². The standard InChI is InChI=1S/C36H38F4N4O3S/c37-29-13-15-30(16-14-29)48(46,47)44(22-26-9-11-28(12-10-26)36(38,39)40)34-18-27(19-34)31(20-34)32-42-23-35(43-32,17-24-5-2-1-3-6-24)33(45)41-21-25-7-4-8-25/h1-3,5-6,9-16,25,27,31H,4,7-8,17-23H2,(H,41,45)(H,42,43). The molecule has 1 heterocycles. The maximum Gasteiger partial charge on any atom is 0.416 e. The predicted molar refractivity (Wildman–Crippen MR) is 173 cm³/mol. The van der Waals surface area contributed by atoms with Gasteiger partial charge in [-0.3, -0.25) is 9.79 Å². The van der Waals surface area contributed by atoms with Crippen LogP contribution in [0.5, 0.6) is 0 Å². The van der Waals surface area contributed by atoms with Crippen molar-refractivity contribution < 1.29 is 30.8 Å². The van der Waals surface area contributed by atoms with Crippen molar-refractivity contribution >= 4 is 21.8 Å². The summed E-state index contributed by atoms with van der Waals surface area (Å²) < 4.78 is 83.4. The van der Waals surface area contributed by atoms with Crippen LogP contribution in [0.4, 0.5) is 17.6 Å². The number of benzene rings is 3. The fraction of sp³-hybridized carbons (Fsp3) is 0.444. The molecule has 0 radical (unpaired) electrons. The average Bonchev–Trinajstić information content (AvgIpc) is 3.72. The third-order valence-electron chi connectivity index (χ3n) is 10.8. The van der Waals surface area contributed by atoms with Crippen molar-refractivity contribution in [1.29, 1.82) is 0 Å². The largest absolute Gasteiger partial charge is 0.416 e. The summed E-state index contributed by atoms with van der Waals surface area (Å²) in [5.41, 5.74) is -1.19. The Morgan fingerprint density at radius 1 is 0.938 bits per heavy atom. The first-order chi connectivity index (χ1) is 22.9. The lowest BCUT2D eigenvalue weighted by Gasteiger charge is -2.46. The summed E-state index contributed by atoms with van der Waals surface area (Å²) in [5, 5.41) is 6.71. The van der Waals surface area contributed by atoms with Crippen molar-refractivity contribution in [2.24, 2.45) is 22.7 Å². The minimum absolute atomic E-state index is 0.0848. The summed E-state index contributed by atoms with van der Waals surface area (Å²) in [6.07, 6.45) is 0.842. The molecule has 12 heteroatoms. The number of fused-ring (bicyclic) bond motifs is 1. The van der Waals surface area contributed by atoms with Gasteiger partial charge in [0, 0.05) is 31.0 Å². The number of nitrogens with zero attached hydrogens (tertiary/aromatic N) is 2. The van der Waals surface area contributed by atoms with Crippen LogP contribution in [0.3, 0.4) is 0 Å². The molecule has 48 heavy (non-hydrogen) atoms. The summed E-state index contributed by atoms with van der Waals surface area (Å²) in [7, 11) is -4.17. The van der Waals surface area contributed by atoms with Crippen LogP contribution in [0.25, 0.3) is 0 Å². The second-order valence-electron chi connectivity index (χ2n) is 13.9. The van der Waals surface area contributed by atoms with Crippen LogP contribution < -0.4 is 10.6 Å². The van der Waals surface area contributed by atoms with E-state index in [2.05, 4.69) is 10.6 Å². The molecule has 2 atom stereocenters. The quantitative estimate of drug-likeness (QED) is 0.239. The van der Waals surface area contributed by atoms with Gasteiger partial charge in [0.2, 0.25) is 15.9 Å². The molecule has 4 fully saturated rings. The lowest BCUT2D eigenvalue weighted by Crippen LogP contribution is -2.60. The molecule has 8 rings (SSSR count). The first-order valence-corrected chi connectivity index (χ1v) is 17.9. The van der Waals surface area contributed by atoms with Crippen molar-refractivity contribution in [3.63, 3.8) is 0 Å². The third-order valence-corrected chi connectivity index (χ3v) is 12.8. The summed E-state index contributed by atoms with van der Waals surface area (Å²) in [6.45, 7) is 0.744. The molecule has 3 aromatic carbocycles. The van der Waals surface area contributed by atoms with Gasteiger partial charge in [0.1, 0.15) is 17.2 Å². The number of hydrogen-bond acceptors (Lipinski definition) is 5. The van der Waals surface area contributed by atoms with Crippen molar-refractivity contribution in [3.8, 4) is 0 Å². The van der Waals surface area contributed by atoms with Gasteiger partial charge in [-0.25, -0.2) is 12.8 Å². The Kier molecular flexibility index (Phi) is 8.38. The van der Waals surface area contributed by atoms with E-state index in [1.54, 1.807) is 0 Å². The van der Waals surface area contributed by atoms with E-state index < -0.39 is 38.7 Å². The van der Waals surface area contributed by atoms with Crippen LogP contribution in [0, 0.1) is 23.6 Å². The summed E-state index contributed by atoms with van der Waals surface area (Å²) in [6, 6.07) is 18.9. The van der Waals surface area contributed by atoms with E-state index in [0.29, 0.717) is 49.5 Å². The van der Waals surface area contributed by atoms with Crippen molar-refractivity contribution in [2.75, 3.05) is 13.1 Å². The monoisotopic (exact) mass is 682 g/mol. The minimum atomic E-state index is -4.52. The number of nitrogens with one attached hydrogen (secondary N) is 2. The normalized spacial score (nSPS) is 26.8. The zero-order valence-electron chi connectivity index (χ0n) is 26.3. The van der Waals surface area contributed by atoms with Gasteiger partial charge < -0.3 is 10.6 Å². The topological polar surface area (TPSA) is 90.9 Å². The van der Waals surface area contributed by atoms with Gasteiger partial charge in [-0.1, -0.05) is 48.9 Å². The van der Waals surface area contributed by atoms with E-state index in [4.69, 9.17) is 4.99 Å². The highest BCUT2D eigenvalue weighted by Gasteiger charge is 2.63. The lowest BCUT2D eigenvalue weighted by molar-refractivity contribution is -0.137. The Morgan fingerprint density at radius 3 is 2.25 bits per heavy atom. The van der Waals surface area contributed by atoms with Gasteiger partial charge >= 0.3 is 6.18 Å². The molecular formula is C36H38F4N4O3S. The molecular weight excluding hydrogens is 644 g/mol. The Balaban J connectivity index is 1.14. The number of amides is 1. The van der Waals surface area contributed by atoms with E-state index in [-0.39, 0.29) is 35.7 Å². The smallest absolute Gasteiger partial charge is 0.358 e. The highest BCUT2D eigenvalue weighted by Crippen LogP contribution is 2.60. The number of rotatable bonds is 11. The van der Waals surface area contributed by atoms with Crippen molar-refractivity contribution in [1.82, 2.24) is 14.9 Å². The number of carbonyl (C=O) groups is 1. The molecule has 0 spiro atoms. The second-order valence-corrected chi connectivity index (χ2v) is 15.8. The first-order valence-electron chi connectivity index (χ1n) is 16.5. The van der Waals surface area contributed by atoms with Gasteiger partial charge in [-0.05, 0) is 91.5 Å². The zero-order chi connectivity index (χ0) is 33.7.